The first kappa shape index (κ1) is 31.3. The Morgan fingerprint density at radius 1 is 0.800 bits per heavy atom. The van der Waals surface area contributed by atoms with Gasteiger partial charge in [-0.05, 0) is 13.8 Å². The number of carboxylic acid groups (broad SMARTS) is 1. The van der Waals surface area contributed by atoms with E-state index in [1.54, 1.807) is 30.8 Å². The zero-order valence-electron chi connectivity index (χ0n) is 24.2. The number of aryl methyl sites for hydroxylation is 2. The van der Waals surface area contributed by atoms with Gasteiger partial charge in [-0.3, -0.25) is 9.13 Å². The Bertz CT molecular complexity index is 1710. The summed E-state index contributed by atoms with van der Waals surface area (Å²) in [4.78, 5) is 46.7. The summed E-state index contributed by atoms with van der Waals surface area (Å²) in [6, 6.07) is -0.697. The summed E-state index contributed by atoms with van der Waals surface area (Å²) in [5.41, 5.74) is 1.51. The maximum atomic E-state index is 12.9. The van der Waals surface area contributed by atoms with E-state index in [2.05, 4.69) is 45.3 Å². The zero-order valence-corrected chi connectivity index (χ0v) is 24.2. The Balaban J connectivity index is 0.000000178. The fourth-order valence-electron chi connectivity index (χ4n) is 4.62. The van der Waals surface area contributed by atoms with Gasteiger partial charge in [0.15, 0.2) is 11.4 Å². The highest BCUT2D eigenvalue weighted by atomic mass is 19.3. The molecule has 0 aromatic carbocycles. The summed E-state index contributed by atoms with van der Waals surface area (Å²) in [7, 11) is 1.27. The van der Waals surface area contributed by atoms with E-state index in [-0.39, 0.29) is 61.1 Å². The number of halogens is 4. The number of anilines is 2. The molecule has 6 rings (SSSR count). The van der Waals surface area contributed by atoms with Gasteiger partial charge in [0.1, 0.15) is 24.3 Å². The Hall–Kier alpha value is -5.16. The van der Waals surface area contributed by atoms with Gasteiger partial charge in [0.2, 0.25) is 11.9 Å². The number of nitrogens with one attached hydrogen (secondary N) is 2. The molecule has 0 bridgehead atoms. The second-order valence-corrected chi connectivity index (χ2v) is 10.7. The van der Waals surface area contributed by atoms with E-state index in [4.69, 9.17) is 5.11 Å². The lowest BCUT2D eigenvalue weighted by atomic mass is 9.88. The maximum absolute atomic E-state index is 12.9. The van der Waals surface area contributed by atoms with Crippen molar-refractivity contribution < 1.29 is 37.0 Å². The van der Waals surface area contributed by atoms with Crippen LogP contribution in [0.5, 0.6) is 0 Å². The first-order chi connectivity index (χ1) is 21.2. The number of ether oxygens (including phenoxy) is 1. The molecule has 14 nitrogen and oxygen atoms in total. The predicted molar refractivity (Wildman–Crippen MR) is 149 cm³/mol. The molecule has 2 aliphatic carbocycles. The van der Waals surface area contributed by atoms with Crippen LogP contribution in [-0.2, 0) is 4.74 Å². The molecule has 4 aromatic rings. The topological polar surface area (TPSA) is 175 Å². The van der Waals surface area contributed by atoms with E-state index in [1.807, 2.05) is 0 Å². The van der Waals surface area contributed by atoms with Crippen LogP contribution in [0.4, 0.5) is 29.5 Å². The highest BCUT2D eigenvalue weighted by Crippen LogP contribution is 2.39. The summed E-state index contributed by atoms with van der Waals surface area (Å²) in [6.45, 7) is 3.56. The molecular formula is C27H28F4N10O4. The molecule has 0 unspecified atom stereocenters. The van der Waals surface area contributed by atoms with Crippen LogP contribution >= 0.6 is 0 Å². The Labute approximate surface area is 252 Å². The number of nitrogens with zero attached hydrogens (tertiary/aromatic N) is 8. The van der Waals surface area contributed by atoms with Crippen LogP contribution in [0.1, 0.15) is 57.8 Å². The summed E-state index contributed by atoms with van der Waals surface area (Å²) < 4.78 is 59.0. The van der Waals surface area contributed by atoms with Crippen molar-refractivity contribution in [3.8, 4) is 11.6 Å². The SMILES string of the molecule is COC(=O)c1cn(-c2nc(NC3CC(F)(F)C3)ncc2C)cn1.Cc1cnc(NC2CC(F)(F)C2)nc1-n1cnc(C(=O)O)c1. The lowest BCUT2D eigenvalue weighted by Gasteiger charge is -2.35. The Kier molecular flexibility index (Phi) is 8.40. The second kappa shape index (κ2) is 12.1. The number of hydrogen-bond donors (Lipinski definition) is 3. The van der Waals surface area contributed by atoms with Crippen molar-refractivity contribution in [2.45, 2.75) is 63.5 Å². The summed E-state index contributed by atoms with van der Waals surface area (Å²) in [6.07, 6.45) is 7.78. The number of esters is 1. The molecule has 45 heavy (non-hydrogen) atoms. The summed E-state index contributed by atoms with van der Waals surface area (Å²) in [5, 5.41) is 14.6. The fraction of sp³-hybridized carbons (Fsp3) is 0.407. The van der Waals surface area contributed by atoms with Gasteiger partial charge in [0.25, 0.3) is 11.8 Å². The van der Waals surface area contributed by atoms with Crippen LogP contribution in [-0.4, -0.2) is 87.1 Å². The Morgan fingerprint density at radius 3 is 1.60 bits per heavy atom. The number of carbonyl (C=O) groups excluding carboxylic acids is 1. The van der Waals surface area contributed by atoms with Crippen molar-refractivity contribution in [3.05, 3.63) is 60.0 Å². The van der Waals surface area contributed by atoms with Crippen molar-refractivity contribution in [3.63, 3.8) is 0 Å². The first-order valence-electron chi connectivity index (χ1n) is 13.6. The minimum Gasteiger partial charge on any atom is -0.476 e. The standard InChI is InChI=1S/C14H15F2N5O2.C13H13F2N5O2/c1-8-5-17-13(19-9-3-14(15,16)4-9)20-11(8)21-6-10(18-7-21)12(22)23-2;1-7-4-16-12(18-8-2-13(14,15)3-8)19-10(7)20-5-9(11(21)22)17-6-20/h5-7,9H,3-4H2,1-2H3,(H,17,19,20);4-6,8H,2-3H2,1H3,(H,21,22)(H,16,18,19). The highest BCUT2D eigenvalue weighted by Gasteiger charge is 2.46. The van der Waals surface area contributed by atoms with Crippen molar-refractivity contribution in [1.29, 1.82) is 0 Å². The molecule has 0 radical (unpaired) electrons. The maximum Gasteiger partial charge on any atom is 0.358 e. The van der Waals surface area contributed by atoms with Crippen molar-refractivity contribution in [2.24, 2.45) is 0 Å². The molecule has 2 fully saturated rings. The van der Waals surface area contributed by atoms with Gasteiger partial charge >= 0.3 is 11.9 Å². The number of hydrogen-bond acceptors (Lipinski definition) is 11. The quantitative estimate of drug-likeness (QED) is 0.189. The lowest BCUT2D eigenvalue weighted by Crippen LogP contribution is -2.44. The van der Waals surface area contributed by atoms with E-state index >= 15 is 0 Å². The number of aromatic nitrogens is 8. The number of carbonyl (C=O) groups is 2. The van der Waals surface area contributed by atoms with Crippen LogP contribution in [0.2, 0.25) is 0 Å². The van der Waals surface area contributed by atoms with Crippen LogP contribution in [0.15, 0.2) is 37.4 Å². The van der Waals surface area contributed by atoms with Gasteiger partial charge in [-0.15, -0.1) is 0 Å². The number of methoxy groups -OCH3 is 1. The third-order valence-electron chi connectivity index (χ3n) is 7.00. The largest absolute Gasteiger partial charge is 0.476 e. The van der Waals surface area contributed by atoms with Gasteiger partial charge < -0.3 is 20.5 Å². The lowest BCUT2D eigenvalue weighted by molar-refractivity contribution is -0.0801. The van der Waals surface area contributed by atoms with Crippen LogP contribution in [0, 0.1) is 13.8 Å². The first-order valence-corrected chi connectivity index (χ1v) is 13.6. The number of carboxylic acids is 1. The van der Waals surface area contributed by atoms with Gasteiger partial charge in [-0.1, -0.05) is 0 Å². The molecule has 2 aliphatic rings. The summed E-state index contributed by atoms with van der Waals surface area (Å²) in [5.74, 6) is -5.46. The predicted octanol–water partition coefficient (Wildman–Crippen LogP) is 3.85. The van der Waals surface area contributed by atoms with Crippen LogP contribution < -0.4 is 10.6 Å². The highest BCUT2D eigenvalue weighted by molar-refractivity contribution is 5.87. The van der Waals surface area contributed by atoms with Gasteiger partial charge in [0, 0.05) is 73.7 Å². The van der Waals surface area contributed by atoms with E-state index in [1.165, 1.54) is 36.7 Å². The van der Waals surface area contributed by atoms with E-state index < -0.39 is 23.8 Å². The Morgan fingerprint density at radius 2 is 1.22 bits per heavy atom. The van der Waals surface area contributed by atoms with Gasteiger partial charge in [-0.2, -0.15) is 9.97 Å². The molecule has 3 N–H and O–H groups in total. The average molecular weight is 633 g/mol. The molecule has 238 valence electrons. The molecule has 0 aliphatic heterocycles. The smallest absolute Gasteiger partial charge is 0.358 e. The van der Waals surface area contributed by atoms with E-state index in [0.29, 0.717) is 17.2 Å². The fourth-order valence-corrected chi connectivity index (χ4v) is 4.62. The second-order valence-electron chi connectivity index (χ2n) is 10.7. The monoisotopic (exact) mass is 632 g/mol. The van der Waals surface area contributed by atoms with Crippen molar-refractivity contribution in [1.82, 2.24) is 39.0 Å². The normalized spacial score (nSPS) is 16.9. The van der Waals surface area contributed by atoms with Crippen LogP contribution in [0.25, 0.3) is 11.6 Å². The molecule has 2 saturated carbocycles. The van der Waals surface area contributed by atoms with E-state index in [0.717, 1.165) is 5.56 Å². The molecule has 0 saturated heterocycles. The minimum atomic E-state index is -2.62. The van der Waals surface area contributed by atoms with Crippen molar-refractivity contribution >= 4 is 23.8 Å². The number of rotatable bonds is 8. The third kappa shape index (κ3) is 7.32. The molecule has 4 aromatic heterocycles. The number of imidazole rings is 2. The van der Waals surface area contributed by atoms with Crippen LogP contribution in [0.3, 0.4) is 0 Å². The molecular weight excluding hydrogens is 604 g/mol. The molecule has 0 atom stereocenters. The molecule has 0 amide bonds. The zero-order chi connectivity index (χ0) is 32.5. The van der Waals surface area contributed by atoms with Crippen molar-refractivity contribution in [2.75, 3.05) is 17.7 Å². The summed E-state index contributed by atoms with van der Waals surface area (Å²) >= 11 is 0. The molecule has 0 spiro atoms. The number of aromatic carboxylic acids is 1. The third-order valence-corrected chi connectivity index (χ3v) is 7.00. The minimum absolute atomic E-state index is 0.105. The molecule has 18 heteroatoms. The van der Waals surface area contributed by atoms with Gasteiger partial charge in [-0.25, -0.2) is 47.1 Å². The average Bonchev–Trinajstić information content (AvgIpc) is 3.64. The molecule has 4 heterocycles. The number of alkyl halides is 4. The van der Waals surface area contributed by atoms with Gasteiger partial charge in [0.05, 0.1) is 7.11 Å². The van der Waals surface area contributed by atoms with E-state index in [9.17, 15) is 27.2 Å².